The van der Waals surface area contributed by atoms with E-state index < -0.39 is 29.9 Å². The number of benzene rings is 1. The summed E-state index contributed by atoms with van der Waals surface area (Å²) in [5.74, 6) is -9.23. The lowest BCUT2D eigenvalue weighted by Gasteiger charge is -2.27. The summed E-state index contributed by atoms with van der Waals surface area (Å²) in [5, 5.41) is 8.83. The molecular formula is C19H26F2O10. The molecule has 1 aromatic carbocycles. The van der Waals surface area contributed by atoms with Gasteiger partial charge in [-0.1, -0.05) is 13.8 Å². The van der Waals surface area contributed by atoms with E-state index >= 15 is 0 Å². The Kier molecular flexibility index (Phi) is 10.4. The highest BCUT2D eigenvalue weighted by Gasteiger charge is 2.52. The molecular weight excluding hydrogens is 426 g/mol. The van der Waals surface area contributed by atoms with Crippen LogP contribution >= 0.6 is 0 Å². The summed E-state index contributed by atoms with van der Waals surface area (Å²) in [6.07, 6.45) is -2.24. The minimum absolute atomic E-state index is 0.0952. The SMILES string of the molecule is COCOc1ccc(C(=O)OC(C(C)C)C(F)(F)C(=O)O)c(OCOC)c1OCOC. The van der Waals surface area contributed by atoms with Crippen molar-refractivity contribution in [3.8, 4) is 17.2 Å². The van der Waals surface area contributed by atoms with Crippen molar-refractivity contribution in [2.45, 2.75) is 25.9 Å². The van der Waals surface area contributed by atoms with Crippen LogP contribution in [0.2, 0.25) is 0 Å². The van der Waals surface area contributed by atoms with Gasteiger partial charge in [-0.05, 0) is 18.1 Å². The van der Waals surface area contributed by atoms with Crippen LogP contribution in [-0.2, 0) is 23.7 Å². The van der Waals surface area contributed by atoms with Gasteiger partial charge in [0.1, 0.15) is 5.56 Å². The lowest BCUT2D eigenvalue weighted by Crippen LogP contribution is -2.47. The first-order chi connectivity index (χ1) is 14.6. The molecule has 1 atom stereocenters. The molecule has 0 aliphatic rings. The van der Waals surface area contributed by atoms with Crippen molar-refractivity contribution in [3.63, 3.8) is 0 Å². The molecule has 0 radical (unpaired) electrons. The molecule has 10 nitrogen and oxygen atoms in total. The number of esters is 1. The third-order valence-electron chi connectivity index (χ3n) is 3.75. The molecule has 0 bridgehead atoms. The summed E-state index contributed by atoms with van der Waals surface area (Å²) in [6.45, 7) is 1.82. The number of rotatable bonds is 14. The van der Waals surface area contributed by atoms with E-state index in [1.807, 2.05) is 0 Å². The molecule has 0 aliphatic carbocycles. The van der Waals surface area contributed by atoms with Crippen LogP contribution in [0.5, 0.6) is 17.2 Å². The van der Waals surface area contributed by atoms with Crippen molar-refractivity contribution < 1.29 is 56.6 Å². The second kappa shape index (κ2) is 12.2. The van der Waals surface area contributed by atoms with Crippen LogP contribution in [0.25, 0.3) is 0 Å². The van der Waals surface area contributed by atoms with E-state index in [1.165, 1.54) is 47.3 Å². The Balaban J connectivity index is 3.43. The van der Waals surface area contributed by atoms with Crippen molar-refractivity contribution in [2.75, 3.05) is 41.7 Å². The van der Waals surface area contributed by atoms with Crippen molar-refractivity contribution >= 4 is 11.9 Å². The predicted molar refractivity (Wildman–Crippen MR) is 101 cm³/mol. The maximum absolute atomic E-state index is 14.1. The number of carboxylic acids is 1. The minimum Gasteiger partial charge on any atom is -0.477 e. The van der Waals surface area contributed by atoms with Gasteiger partial charge in [-0.15, -0.1) is 0 Å². The first kappa shape index (κ1) is 26.3. The molecule has 1 aromatic rings. The highest BCUT2D eigenvalue weighted by Crippen LogP contribution is 2.41. The zero-order valence-electron chi connectivity index (χ0n) is 17.8. The summed E-state index contributed by atoms with van der Waals surface area (Å²) >= 11 is 0. The highest BCUT2D eigenvalue weighted by atomic mass is 19.3. The Morgan fingerprint density at radius 2 is 1.45 bits per heavy atom. The molecule has 0 fully saturated rings. The van der Waals surface area contributed by atoms with Crippen LogP contribution in [0.1, 0.15) is 24.2 Å². The number of methoxy groups -OCH3 is 3. The number of carbonyl (C=O) groups excluding carboxylic acids is 1. The lowest BCUT2D eigenvalue weighted by molar-refractivity contribution is -0.187. The predicted octanol–water partition coefficient (Wildman–Crippen LogP) is 2.54. The number of carboxylic acid groups (broad SMARTS) is 1. The molecule has 31 heavy (non-hydrogen) atoms. The van der Waals surface area contributed by atoms with E-state index in [0.29, 0.717) is 0 Å². The Morgan fingerprint density at radius 1 is 0.935 bits per heavy atom. The third-order valence-corrected chi connectivity index (χ3v) is 3.75. The molecule has 176 valence electrons. The molecule has 0 aliphatic heterocycles. The van der Waals surface area contributed by atoms with E-state index in [0.717, 1.165) is 0 Å². The lowest BCUT2D eigenvalue weighted by atomic mass is 10.0. The molecule has 0 amide bonds. The van der Waals surface area contributed by atoms with Gasteiger partial charge in [0, 0.05) is 21.3 Å². The van der Waals surface area contributed by atoms with Crippen LogP contribution in [0.3, 0.4) is 0 Å². The van der Waals surface area contributed by atoms with Gasteiger partial charge in [-0.2, -0.15) is 8.78 Å². The summed E-state index contributed by atoms with van der Waals surface area (Å²) in [7, 11) is 4.06. The van der Waals surface area contributed by atoms with E-state index in [4.69, 9.17) is 38.3 Å². The van der Waals surface area contributed by atoms with E-state index in [1.54, 1.807) is 0 Å². The molecule has 0 saturated heterocycles. The number of ether oxygens (including phenoxy) is 7. The minimum atomic E-state index is -4.31. The van der Waals surface area contributed by atoms with Crippen LogP contribution in [0.4, 0.5) is 8.78 Å². The van der Waals surface area contributed by atoms with Gasteiger partial charge >= 0.3 is 17.9 Å². The Labute approximate surface area is 177 Å². The van der Waals surface area contributed by atoms with Gasteiger partial charge < -0.3 is 38.3 Å². The fraction of sp³-hybridized carbons (Fsp3) is 0.579. The summed E-state index contributed by atoms with van der Waals surface area (Å²) < 4.78 is 63.8. The zero-order chi connectivity index (χ0) is 23.6. The number of hydrogen-bond acceptors (Lipinski definition) is 9. The Morgan fingerprint density at radius 3 is 1.94 bits per heavy atom. The quantitative estimate of drug-likeness (QED) is 0.333. The molecule has 1 N–H and O–H groups in total. The van der Waals surface area contributed by atoms with E-state index in [2.05, 4.69) is 0 Å². The smallest absolute Gasteiger partial charge is 0.378 e. The van der Waals surface area contributed by atoms with Crippen LogP contribution in [-0.4, -0.2) is 70.8 Å². The van der Waals surface area contributed by atoms with E-state index in [9.17, 15) is 18.4 Å². The molecule has 0 heterocycles. The van der Waals surface area contributed by atoms with Gasteiger partial charge in [0.2, 0.25) is 5.75 Å². The maximum Gasteiger partial charge on any atom is 0.378 e. The maximum atomic E-state index is 14.1. The highest BCUT2D eigenvalue weighted by molar-refractivity contribution is 5.94. The number of halogens is 2. The first-order valence-corrected chi connectivity index (χ1v) is 8.96. The summed E-state index contributed by atoms with van der Waals surface area (Å²) in [5.41, 5.74) is -0.320. The van der Waals surface area contributed by atoms with Crippen molar-refractivity contribution in [3.05, 3.63) is 17.7 Å². The van der Waals surface area contributed by atoms with Crippen molar-refractivity contribution in [2.24, 2.45) is 5.92 Å². The average Bonchev–Trinajstić information content (AvgIpc) is 2.72. The molecule has 0 spiro atoms. The fourth-order valence-corrected chi connectivity index (χ4v) is 2.39. The zero-order valence-corrected chi connectivity index (χ0v) is 17.8. The van der Waals surface area contributed by atoms with Gasteiger partial charge in [-0.25, -0.2) is 9.59 Å². The molecule has 1 rings (SSSR count). The fourth-order valence-electron chi connectivity index (χ4n) is 2.39. The molecule has 0 aromatic heterocycles. The second-order valence-corrected chi connectivity index (χ2v) is 6.42. The van der Waals surface area contributed by atoms with Crippen molar-refractivity contribution in [1.82, 2.24) is 0 Å². The van der Waals surface area contributed by atoms with Gasteiger partial charge in [0.15, 0.2) is 38.0 Å². The molecule has 1 unspecified atom stereocenters. The third kappa shape index (κ3) is 6.91. The number of carbonyl (C=O) groups is 2. The normalized spacial score (nSPS) is 12.4. The average molecular weight is 452 g/mol. The van der Waals surface area contributed by atoms with Crippen LogP contribution in [0, 0.1) is 5.92 Å². The molecule has 0 saturated carbocycles. The monoisotopic (exact) mass is 452 g/mol. The number of hydrogen-bond donors (Lipinski definition) is 1. The summed E-state index contributed by atoms with van der Waals surface area (Å²) in [6, 6.07) is 2.49. The molecule has 12 heteroatoms. The van der Waals surface area contributed by atoms with Gasteiger partial charge in [-0.3, -0.25) is 0 Å². The first-order valence-electron chi connectivity index (χ1n) is 8.96. The van der Waals surface area contributed by atoms with E-state index in [-0.39, 0.29) is 43.2 Å². The van der Waals surface area contributed by atoms with Crippen LogP contribution < -0.4 is 14.2 Å². The number of alkyl halides is 2. The van der Waals surface area contributed by atoms with Crippen molar-refractivity contribution in [1.29, 1.82) is 0 Å². The van der Waals surface area contributed by atoms with Gasteiger partial charge in [0.25, 0.3) is 0 Å². The largest absolute Gasteiger partial charge is 0.477 e. The van der Waals surface area contributed by atoms with Crippen LogP contribution in [0.15, 0.2) is 12.1 Å². The summed E-state index contributed by atoms with van der Waals surface area (Å²) in [4.78, 5) is 23.7. The Hall–Kier alpha value is -2.70. The van der Waals surface area contributed by atoms with Gasteiger partial charge in [0.05, 0.1) is 0 Å². The number of aliphatic carboxylic acids is 1. The second-order valence-electron chi connectivity index (χ2n) is 6.42. The standard InChI is InChI=1S/C19H26F2O10/c1-11(2)16(19(20,21)18(23)24)31-17(22)12-6-7-13(28-8-25-3)15(30-10-27-5)14(12)29-9-26-4/h6-7,11,16H,8-10H2,1-5H3,(H,23,24). The topological polar surface area (TPSA) is 119 Å². The Bertz CT molecular complexity index is 739.